The Balaban J connectivity index is 0.00000524. The van der Waals surface area contributed by atoms with Crippen molar-refractivity contribution in [2.45, 2.75) is 25.5 Å². The summed E-state index contributed by atoms with van der Waals surface area (Å²) in [6.45, 7) is 2.57. The lowest BCUT2D eigenvalue weighted by Gasteiger charge is -2.02. The van der Waals surface area contributed by atoms with E-state index in [1.165, 1.54) is 0 Å². The minimum Gasteiger partial charge on any atom is -0.320 e. The molecule has 0 aliphatic heterocycles. The highest BCUT2D eigenvalue weighted by Gasteiger charge is 2.04. The molecule has 0 saturated carbocycles. The van der Waals surface area contributed by atoms with Gasteiger partial charge in [-0.2, -0.15) is 12.6 Å². The van der Waals surface area contributed by atoms with Gasteiger partial charge in [-0.15, -0.1) is 6.42 Å². The van der Waals surface area contributed by atoms with Crippen molar-refractivity contribution in [1.82, 2.24) is 5.32 Å². The molecular formula is C93H21NOS. The number of terminal acetylenes is 1. The van der Waals surface area contributed by atoms with E-state index >= 15 is 0 Å². The molecule has 0 radical (unpaired) electrons. The molecule has 3 heteroatoms. The Labute approximate surface area is 573 Å². The van der Waals surface area contributed by atoms with Crippen molar-refractivity contribution >= 4 is 18.4 Å². The highest BCUT2D eigenvalue weighted by atomic mass is 32.1. The Morgan fingerprint density at radius 3 is 0.573 bits per heavy atom. The van der Waals surface area contributed by atoms with Crippen LogP contribution in [0.2, 0.25) is 0 Å². The SMILES string of the molecule is C#CC#CC#CC#CC#CC#CC#CC#CC#CC#CC#CC#CC#CC#CC#CC#CC#CC#CC#CC#CC#CC#CC#CC#CC#CC#CC#CC#CC#CC#CC#CC#CC#CC#CC#CC#CC#CC#CC#CC#CC.CNCCCC(=O)c1ccc(CS)cc1. The zero-order valence-electron chi connectivity index (χ0n) is 50.1. The Hall–Kier alpha value is -18.4. The molecule has 0 unspecified atom stereocenters. The van der Waals surface area contributed by atoms with E-state index in [4.69, 9.17) is 6.42 Å². The third kappa shape index (κ3) is 64.8. The molecule has 0 heterocycles. The molecule has 0 aliphatic rings. The van der Waals surface area contributed by atoms with Crippen LogP contribution in [0.4, 0.5) is 0 Å². The van der Waals surface area contributed by atoms with Crippen molar-refractivity contribution in [1.29, 1.82) is 0 Å². The number of nitrogens with one attached hydrogen (secondary N) is 1. The molecular weight excluding hydrogens is 1180 g/mol. The summed E-state index contributed by atoms with van der Waals surface area (Å²) >= 11 is 4.17. The topological polar surface area (TPSA) is 29.1 Å². The largest absolute Gasteiger partial charge is 0.320 e. The smallest absolute Gasteiger partial charge is 0.162 e. The minimum atomic E-state index is 0.218. The maximum Gasteiger partial charge on any atom is 0.162 e. The van der Waals surface area contributed by atoms with Crippen LogP contribution in [0.5, 0.6) is 0 Å². The van der Waals surface area contributed by atoms with Gasteiger partial charge in [0.05, 0.1) is 0 Å². The fourth-order valence-electron chi connectivity index (χ4n) is 3.81. The fourth-order valence-corrected chi connectivity index (χ4v) is 4.02. The second-order valence-electron chi connectivity index (χ2n) is 13.5. The highest BCUT2D eigenvalue weighted by Crippen LogP contribution is 2.09. The quantitative estimate of drug-likeness (QED) is 0.199. The van der Waals surface area contributed by atoms with Crippen LogP contribution in [-0.4, -0.2) is 19.4 Å². The van der Waals surface area contributed by atoms with Crippen LogP contribution in [0, 0.1) is 474 Å². The van der Waals surface area contributed by atoms with Gasteiger partial charge in [0, 0.05) is 385 Å². The first-order valence-corrected chi connectivity index (χ1v) is 26.1. The minimum absolute atomic E-state index is 0.218. The van der Waals surface area contributed by atoms with Crippen molar-refractivity contribution in [3.63, 3.8) is 0 Å². The van der Waals surface area contributed by atoms with Crippen molar-refractivity contribution in [2.24, 2.45) is 0 Å². The summed E-state index contributed by atoms with van der Waals surface area (Å²) < 4.78 is 0. The summed E-state index contributed by atoms with van der Waals surface area (Å²) in [5.41, 5.74) is 1.95. The molecule has 0 atom stereocenters. The summed E-state index contributed by atoms with van der Waals surface area (Å²) in [5, 5.41) is 3.03. The molecule has 0 bridgehead atoms. The molecule has 0 aliphatic carbocycles. The number of hydrogen-bond acceptors (Lipinski definition) is 3. The average Bonchev–Trinajstić information content (AvgIpc) is 3.45. The average molecular weight is 1200 g/mol. The Bertz CT molecular complexity index is 6130. The Kier molecular flexibility index (Phi) is 57.3. The lowest BCUT2D eigenvalue weighted by atomic mass is 10.1. The molecule has 0 fully saturated rings. The first-order valence-electron chi connectivity index (χ1n) is 25.4. The van der Waals surface area contributed by atoms with Gasteiger partial charge in [-0.05, 0) is 127 Å². The lowest BCUT2D eigenvalue weighted by molar-refractivity contribution is 0.0980. The Morgan fingerprint density at radius 1 is 0.281 bits per heavy atom. The molecule has 0 saturated heterocycles. The molecule has 1 N–H and O–H groups in total. The summed E-state index contributed by atoms with van der Waals surface area (Å²) in [5.74, 6) is 198. The van der Waals surface area contributed by atoms with E-state index in [2.05, 4.69) is 486 Å². The van der Waals surface area contributed by atoms with E-state index in [0.717, 1.165) is 24.1 Å². The van der Waals surface area contributed by atoms with Gasteiger partial charge < -0.3 is 5.32 Å². The van der Waals surface area contributed by atoms with Crippen LogP contribution < -0.4 is 5.32 Å². The third-order valence-electron chi connectivity index (χ3n) is 7.24. The van der Waals surface area contributed by atoms with Crippen LogP contribution in [0.25, 0.3) is 0 Å². The van der Waals surface area contributed by atoms with E-state index in [0.29, 0.717) is 12.2 Å². The van der Waals surface area contributed by atoms with Crippen LogP contribution in [0.3, 0.4) is 0 Å². The number of thiol groups is 1. The van der Waals surface area contributed by atoms with E-state index < -0.39 is 0 Å². The number of hydrogen-bond donors (Lipinski definition) is 2. The Morgan fingerprint density at radius 2 is 0.438 bits per heavy atom. The molecule has 1 rings (SSSR count). The number of rotatable bonds is 6. The van der Waals surface area contributed by atoms with Gasteiger partial charge in [0.25, 0.3) is 0 Å². The first kappa shape index (κ1) is 77.6. The van der Waals surface area contributed by atoms with Crippen LogP contribution >= 0.6 is 12.6 Å². The van der Waals surface area contributed by atoms with E-state index in [9.17, 15) is 4.79 Å². The third-order valence-corrected chi connectivity index (χ3v) is 7.60. The molecule has 96 heavy (non-hydrogen) atoms. The predicted octanol–water partition coefficient (Wildman–Crippen LogP) is 3.07. The standard InChI is InChI=1S/C81H4.C12H17NOS/c1-3-5-7-9-11-13-15-17-19-21-23-25-27-29-31-33-35-37-39-41-43-45-47-49-51-53-55-57-59-61-63-65-67-69-71-73-75-77-79-81-80-78-76-74-72-70-68-66-64-62-60-58-56-54-52-50-48-46-44-42-40-38-36-34-32-30-28-26-24-22-20-18-16-14-12-10-8-6-4-2;1-13-8-2-3-12(14)11-6-4-10(9-15)5-7-11/h1H,2H3;4-7,13,15H,2-3,8-9H2,1H3. The van der Waals surface area contributed by atoms with Crippen molar-refractivity contribution in [3.8, 4) is 474 Å². The highest BCUT2D eigenvalue weighted by molar-refractivity contribution is 7.79. The second kappa shape index (κ2) is 70.9. The molecule has 0 spiro atoms. The molecule has 410 valence electrons. The first-order chi connectivity index (χ1) is 47.7. The van der Waals surface area contributed by atoms with E-state index in [1.807, 2.05) is 31.3 Å². The molecule has 2 nitrogen and oxygen atoms in total. The second-order valence-corrected chi connectivity index (χ2v) is 13.8. The zero-order valence-corrected chi connectivity index (χ0v) is 51.0. The molecule has 1 aromatic carbocycles. The molecule has 0 aromatic heterocycles. The number of ketones is 1. The van der Waals surface area contributed by atoms with Crippen LogP contribution in [0.1, 0.15) is 35.7 Å². The summed E-state index contributed by atoms with van der Waals surface area (Å²) in [7, 11) is 1.89. The molecule has 1 aromatic rings. The predicted molar refractivity (Wildman–Crippen MR) is 384 cm³/mol. The maximum absolute atomic E-state index is 11.7. The van der Waals surface area contributed by atoms with E-state index in [-0.39, 0.29) is 5.78 Å². The van der Waals surface area contributed by atoms with Gasteiger partial charge in [0.2, 0.25) is 0 Å². The van der Waals surface area contributed by atoms with Gasteiger partial charge in [-0.3, -0.25) is 4.79 Å². The summed E-state index contributed by atoms with van der Waals surface area (Å²) in [4.78, 5) is 11.7. The number of carbonyl (C=O) groups excluding carboxylic acids is 1. The zero-order chi connectivity index (χ0) is 69.0. The van der Waals surface area contributed by atoms with Crippen molar-refractivity contribution in [3.05, 3.63) is 35.4 Å². The maximum atomic E-state index is 11.7. The van der Waals surface area contributed by atoms with Crippen molar-refractivity contribution in [2.75, 3.05) is 13.6 Å². The lowest BCUT2D eigenvalue weighted by Crippen LogP contribution is -2.10. The van der Waals surface area contributed by atoms with Gasteiger partial charge >= 0.3 is 0 Å². The summed E-state index contributed by atoms with van der Waals surface area (Å²) in [6, 6.07) is 7.68. The van der Waals surface area contributed by atoms with Crippen LogP contribution in [-0.2, 0) is 5.75 Å². The normalized spacial score (nSPS) is 4.94. The van der Waals surface area contributed by atoms with Gasteiger partial charge in [-0.1, -0.05) is 30.2 Å². The fraction of sp³-hybridized carbons (Fsp3) is 0.0645. The monoisotopic (exact) mass is 1200 g/mol. The van der Waals surface area contributed by atoms with Gasteiger partial charge in [-0.25, -0.2) is 0 Å². The van der Waals surface area contributed by atoms with Crippen LogP contribution in [0.15, 0.2) is 24.3 Å². The van der Waals surface area contributed by atoms with Gasteiger partial charge in [0.15, 0.2) is 5.78 Å². The molecule has 0 amide bonds. The number of carbonyl (C=O) groups is 1. The number of Topliss-reactive ketones (excluding diaryl/α,β-unsaturated/α-hetero) is 1. The number of benzene rings is 1. The van der Waals surface area contributed by atoms with Crippen molar-refractivity contribution < 1.29 is 4.79 Å². The van der Waals surface area contributed by atoms with E-state index in [1.54, 1.807) is 6.92 Å². The summed E-state index contributed by atoms with van der Waals surface area (Å²) in [6.07, 6.45) is 6.45. The van der Waals surface area contributed by atoms with Gasteiger partial charge in [0.1, 0.15) is 0 Å².